The van der Waals surface area contributed by atoms with E-state index in [2.05, 4.69) is 10.0 Å². The van der Waals surface area contributed by atoms with Gasteiger partial charge in [-0.05, 0) is 38.1 Å². The van der Waals surface area contributed by atoms with E-state index in [0.29, 0.717) is 12.0 Å². The van der Waals surface area contributed by atoms with E-state index in [0.717, 1.165) is 25.8 Å². The number of piperidine rings is 1. The van der Waals surface area contributed by atoms with Gasteiger partial charge in [-0.2, -0.15) is 0 Å². The summed E-state index contributed by atoms with van der Waals surface area (Å²) >= 11 is 0. The fourth-order valence-electron chi connectivity index (χ4n) is 2.97. The number of rotatable bonds is 2. The van der Waals surface area contributed by atoms with Gasteiger partial charge in [-0.1, -0.05) is 6.42 Å². The lowest BCUT2D eigenvalue weighted by Gasteiger charge is -2.41. The Kier molecular flexibility index (Phi) is 3.33. The molecule has 88 valence electrons. The second kappa shape index (κ2) is 4.39. The molecule has 1 saturated carbocycles. The summed E-state index contributed by atoms with van der Waals surface area (Å²) in [4.78, 5) is 0. The van der Waals surface area contributed by atoms with Crippen molar-refractivity contribution in [1.29, 1.82) is 0 Å². The smallest absolute Gasteiger partial charge is 0.208 e. The molecule has 0 radical (unpaired) electrons. The van der Waals surface area contributed by atoms with E-state index in [1.807, 2.05) is 0 Å². The highest BCUT2D eigenvalue weighted by molar-refractivity contribution is 7.88. The highest BCUT2D eigenvalue weighted by Crippen LogP contribution is 2.31. The first-order valence-electron chi connectivity index (χ1n) is 5.77. The van der Waals surface area contributed by atoms with E-state index in [9.17, 15) is 8.42 Å². The predicted octanol–water partition coefficient (Wildman–Crippen LogP) is 0.456. The summed E-state index contributed by atoms with van der Waals surface area (Å²) in [5.41, 5.74) is 0. The molecule has 5 heteroatoms. The second-order valence-corrected chi connectivity index (χ2v) is 6.57. The van der Waals surface area contributed by atoms with Crippen molar-refractivity contribution in [3.63, 3.8) is 0 Å². The van der Waals surface area contributed by atoms with Gasteiger partial charge in [-0.15, -0.1) is 0 Å². The third kappa shape index (κ3) is 2.92. The summed E-state index contributed by atoms with van der Waals surface area (Å²) in [7, 11) is -3.05. The summed E-state index contributed by atoms with van der Waals surface area (Å²) in [5, 5.41) is 3.50. The zero-order valence-electron chi connectivity index (χ0n) is 9.20. The van der Waals surface area contributed by atoms with Gasteiger partial charge in [0.05, 0.1) is 6.26 Å². The maximum absolute atomic E-state index is 11.2. The van der Waals surface area contributed by atoms with Crippen molar-refractivity contribution in [3.8, 4) is 0 Å². The van der Waals surface area contributed by atoms with Crippen molar-refractivity contribution in [2.45, 2.75) is 44.2 Å². The van der Waals surface area contributed by atoms with Crippen LogP contribution in [0.15, 0.2) is 0 Å². The lowest BCUT2D eigenvalue weighted by molar-refractivity contribution is 0.175. The Morgan fingerprint density at radius 1 is 1.20 bits per heavy atom. The van der Waals surface area contributed by atoms with Gasteiger partial charge in [0.2, 0.25) is 10.0 Å². The van der Waals surface area contributed by atoms with Crippen LogP contribution in [0.3, 0.4) is 0 Å². The molecule has 0 aromatic heterocycles. The van der Waals surface area contributed by atoms with Crippen LogP contribution in [-0.2, 0) is 10.0 Å². The van der Waals surface area contributed by atoms with E-state index < -0.39 is 10.0 Å². The third-order valence-electron chi connectivity index (χ3n) is 3.55. The molecule has 0 unspecified atom stereocenters. The number of hydrogen-bond acceptors (Lipinski definition) is 3. The topological polar surface area (TPSA) is 58.2 Å². The number of nitrogens with one attached hydrogen (secondary N) is 2. The molecule has 0 aromatic rings. The van der Waals surface area contributed by atoms with Crippen molar-refractivity contribution in [1.82, 2.24) is 10.0 Å². The van der Waals surface area contributed by atoms with Crippen LogP contribution in [0.4, 0.5) is 0 Å². The molecule has 2 aliphatic rings. The highest BCUT2D eigenvalue weighted by Gasteiger charge is 2.35. The Balaban J connectivity index is 2.03. The maximum Gasteiger partial charge on any atom is 0.208 e. The average Bonchev–Trinajstić information content (AvgIpc) is 2.16. The van der Waals surface area contributed by atoms with Crippen LogP contribution in [0, 0.1) is 5.92 Å². The Bertz CT molecular complexity index is 313. The molecule has 1 aliphatic carbocycles. The van der Waals surface area contributed by atoms with Crippen LogP contribution in [0.25, 0.3) is 0 Å². The number of hydrogen-bond donors (Lipinski definition) is 2. The molecule has 2 N–H and O–H groups in total. The minimum absolute atomic E-state index is 0.159. The lowest BCUT2D eigenvalue weighted by Crippen LogP contribution is -2.54. The molecule has 1 aliphatic heterocycles. The minimum Gasteiger partial charge on any atom is -0.314 e. The fourth-order valence-corrected chi connectivity index (χ4v) is 3.81. The normalized spacial score (nSPS) is 37.3. The summed E-state index contributed by atoms with van der Waals surface area (Å²) in [6, 6.07) is 0.693. The zero-order chi connectivity index (χ0) is 10.9. The first kappa shape index (κ1) is 11.4. The standard InChI is InChI=1S/C10H20N2O2S/c1-15(13,14)12-10-6-2-5-9-8(10)4-3-7-11-9/h8-12H,2-7H2,1H3/t8-,9-,10+/m0/s1. The van der Waals surface area contributed by atoms with Crippen molar-refractivity contribution >= 4 is 10.0 Å². The Morgan fingerprint density at radius 3 is 2.73 bits per heavy atom. The zero-order valence-corrected chi connectivity index (χ0v) is 10.0. The van der Waals surface area contributed by atoms with Crippen LogP contribution in [0.1, 0.15) is 32.1 Å². The van der Waals surface area contributed by atoms with Crippen molar-refractivity contribution in [3.05, 3.63) is 0 Å². The van der Waals surface area contributed by atoms with Crippen LogP contribution in [0.2, 0.25) is 0 Å². The lowest BCUT2D eigenvalue weighted by atomic mass is 9.76. The van der Waals surface area contributed by atoms with Gasteiger partial charge in [-0.3, -0.25) is 0 Å². The van der Waals surface area contributed by atoms with Gasteiger partial charge in [0.1, 0.15) is 0 Å². The van der Waals surface area contributed by atoms with E-state index >= 15 is 0 Å². The van der Waals surface area contributed by atoms with Crippen molar-refractivity contribution < 1.29 is 8.42 Å². The van der Waals surface area contributed by atoms with E-state index in [-0.39, 0.29) is 6.04 Å². The molecule has 0 amide bonds. The Labute approximate surface area is 91.9 Å². The molecule has 1 heterocycles. The van der Waals surface area contributed by atoms with Gasteiger partial charge in [0.25, 0.3) is 0 Å². The molecule has 0 aromatic carbocycles. The molecule has 3 atom stereocenters. The van der Waals surface area contributed by atoms with E-state index in [1.165, 1.54) is 19.1 Å². The summed E-state index contributed by atoms with van der Waals surface area (Å²) in [6.07, 6.45) is 6.91. The SMILES string of the molecule is CS(=O)(=O)N[C@@H]1CCC[C@@H]2NCCC[C@@H]21. The number of fused-ring (bicyclic) bond motifs is 1. The third-order valence-corrected chi connectivity index (χ3v) is 4.28. The van der Waals surface area contributed by atoms with Crippen LogP contribution in [-0.4, -0.2) is 33.3 Å². The van der Waals surface area contributed by atoms with Gasteiger partial charge in [0.15, 0.2) is 0 Å². The fraction of sp³-hybridized carbons (Fsp3) is 1.00. The van der Waals surface area contributed by atoms with Crippen LogP contribution >= 0.6 is 0 Å². The molecule has 15 heavy (non-hydrogen) atoms. The first-order valence-corrected chi connectivity index (χ1v) is 7.66. The van der Waals surface area contributed by atoms with Crippen molar-refractivity contribution in [2.75, 3.05) is 12.8 Å². The highest BCUT2D eigenvalue weighted by atomic mass is 32.2. The van der Waals surface area contributed by atoms with E-state index in [4.69, 9.17) is 0 Å². The molecular formula is C10H20N2O2S. The first-order chi connectivity index (χ1) is 7.06. The molecule has 2 fully saturated rings. The quantitative estimate of drug-likeness (QED) is 0.727. The van der Waals surface area contributed by atoms with Gasteiger partial charge in [0, 0.05) is 12.1 Å². The van der Waals surface area contributed by atoms with Gasteiger partial charge >= 0.3 is 0 Å². The predicted molar refractivity (Wildman–Crippen MR) is 60.1 cm³/mol. The molecule has 4 nitrogen and oxygen atoms in total. The number of sulfonamides is 1. The second-order valence-electron chi connectivity index (χ2n) is 4.79. The molecule has 1 saturated heterocycles. The summed E-state index contributed by atoms with van der Waals surface area (Å²) in [5.74, 6) is 0.502. The van der Waals surface area contributed by atoms with Gasteiger partial charge in [-0.25, -0.2) is 13.1 Å². The maximum atomic E-state index is 11.2. The van der Waals surface area contributed by atoms with Crippen LogP contribution in [0.5, 0.6) is 0 Å². The Morgan fingerprint density at radius 2 is 2.00 bits per heavy atom. The van der Waals surface area contributed by atoms with Crippen molar-refractivity contribution in [2.24, 2.45) is 5.92 Å². The largest absolute Gasteiger partial charge is 0.314 e. The molecule has 2 rings (SSSR count). The molecule has 0 bridgehead atoms. The average molecular weight is 232 g/mol. The Hall–Kier alpha value is -0.130. The van der Waals surface area contributed by atoms with Gasteiger partial charge < -0.3 is 5.32 Å². The van der Waals surface area contributed by atoms with E-state index in [1.54, 1.807) is 0 Å². The molecule has 0 spiro atoms. The summed E-state index contributed by atoms with van der Waals surface area (Å²) < 4.78 is 25.3. The molecular weight excluding hydrogens is 212 g/mol. The van der Waals surface area contributed by atoms with Crippen LogP contribution < -0.4 is 10.0 Å². The monoisotopic (exact) mass is 232 g/mol. The summed E-state index contributed by atoms with van der Waals surface area (Å²) in [6.45, 7) is 1.09. The minimum atomic E-state index is -3.05.